The number of benzene rings is 1. The number of amides is 1. The standard InChI is InChI=1S/C16H23NO2/c1-12-6-7-13(2)14(10-12)17-15(18)11-16(19)8-4-3-5-9-16/h6-7,10,19H,3-5,8-9,11H2,1-2H3,(H,17,18). The van der Waals surface area contributed by atoms with Gasteiger partial charge in [0.25, 0.3) is 0 Å². The van der Waals surface area contributed by atoms with Crippen molar-refractivity contribution in [2.24, 2.45) is 0 Å². The lowest BCUT2D eigenvalue weighted by atomic mass is 9.82. The summed E-state index contributed by atoms with van der Waals surface area (Å²) in [6, 6.07) is 6.00. The highest BCUT2D eigenvalue weighted by Gasteiger charge is 2.31. The molecule has 0 unspecified atom stereocenters. The summed E-state index contributed by atoms with van der Waals surface area (Å²) in [6.45, 7) is 3.98. The second-order valence-corrected chi connectivity index (χ2v) is 5.83. The van der Waals surface area contributed by atoms with Crippen molar-refractivity contribution in [1.82, 2.24) is 0 Å². The second-order valence-electron chi connectivity index (χ2n) is 5.83. The molecule has 3 nitrogen and oxygen atoms in total. The molecule has 0 heterocycles. The fourth-order valence-electron chi connectivity index (χ4n) is 2.75. The van der Waals surface area contributed by atoms with Gasteiger partial charge in [-0.3, -0.25) is 4.79 Å². The third kappa shape index (κ3) is 3.80. The fourth-order valence-corrected chi connectivity index (χ4v) is 2.75. The van der Waals surface area contributed by atoms with Gasteiger partial charge >= 0.3 is 0 Å². The number of hydrogen-bond acceptors (Lipinski definition) is 2. The predicted octanol–water partition coefficient (Wildman–Crippen LogP) is 3.33. The molecule has 2 N–H and O–H groups in total. The number of aryl methyl sites for hydroxylation is 2. The quantitative estimate of drug-likeness (QED) is 0.876. The van der Waals surface area contributed by atoms with E-state index in [2.05, 4.69) is 5.32 Å². The lowest BCUT2D eigenvalue weighted by Crippen LogP contribution is -2.36. The molecule has 1 aromatic rings. The van der Waals surface area contributed by atoms with Gasteiger partial charge in [0.15, 0.2) is 0 Å². The van der Waals surface area contributed by atoms with E-state index in [1.165, 1.54) is 6.42 Å². The Hall–Kier alpha value is -1.35. The number of hydrogen-bond donors (Lipinski definition) is 2. The van der Waals surface area contributed by atoms with Crippen LogP contribution in [0.2, 0.25) is 0 Å². The molecule has 0 aliphatic heterocycles. The van der Waals surface area contributed by atoms with Gasteiger partial charge < -0.3 is 10.4 Å². The highest BCUT2D eigenvalue weighted by molar-refractivity contribution is 5.92. The van der Waals surface area contributed by atoms with Crippen molar-refractivity contribution in [1.29, 1.82) is 0 Å². The lowest BCUT2D eigenvalue weighted by molar-refractivity contribution is -0.122. The first-order valence-corrected chi connectivity index (χ1v) is 7.08. The Morgan fingerprint density at radius 3 is 2.63 bits per heavy atom. The minimum Gasteiger partial charge on any atom is -0.389 e. The summed E-state index contributed by atoms with van der Waals surface area (Å²) in [7, 11) is 0. The number of carbonyl (C=O) groups excluding carboxylic acids is 1. The molecule has 0 spiro atoms. The molecule has 1 aromatic carbocycles. The molecule has 1 fully saturated rings. The molecular formula is C16H23NO2. The van der Waals surface area contributed by atoms with Gasteiger partial charge in [-0.2, -0.15) is 0 Å². The van der Waals surface area contributed by atoms with Crippen molar-refractivity contribution in [3.63, 3.8) is 0 Å². The van der Waals surface area contributed by atoms with Crippen LogP contribution in [0.5, 0.6) is 0 Å². The highest BCUT2D eigenvalue weighted by atomic mass is 16.3. The average Bonchev–Trinajstić information content (AvgIpc) is 2.34. The summed E-state index contributed by atoms with van der Waals surface area (Å²) in [6.07, 6.45) is 4.91. The molecule has 0 radical (unpaired) electrons. The Morgan fingerprint density at radius 1 is 1.26 bits per heavy atom. The van der Waals surface area contributed by atoms with Crippen LogP contribution in [0.4, 0.5) is 5.69 Å². The van der Waals surface area contributed by atoms with Crippen LogP contribution in [0.1, 0.15) is 49.7 Å². The lowest BCUT2D eigenvalue weighted by Gasteiger charge is -2.31. The molecule has 0 aromatic heterocycles. The molecule has 0 atom stereocenters. The molecule has 1 aliphatic rings. The van der Waals surface area contributed by atoms with Crippen LogP contribution >= 0.6 is 0 Å². The summed E-state index contributed by atoms with van der Waals surface area (Å²) >= 11 is 0. The van der Waals surface area contributed by atoms with Gasteiger partial charge in [-0.15, -0.1) is 0 Å². The summed E-state index contributed by atoms with van der Waals surface area (Å²) in [5.41, 5.74) is 2.23. The number of rotatable bonds is 3. The first-order valence-electron chi connectivity index (χ1n) is 7.08. The average molecular weight is 261 g/mol. The maximum Gasteiger partial charge on any atom is 0.227 e. The predicted molar refractivity (Wildman–Crippen MR) is 77.2 cm³/mol. The molecule has 104 valence electrons. The minimum atomic E-state index is -0.792. The van der Waals surface area contributed by atoms with Gasteiger partial charge in [0.2, 0.25) is 5.91 Å². The zero-order chi connectivity index (χ0) is 13.9. The van der Waals surface area contributed by atoms with E-state index in [0.717, 1.165) is 42.5 Å². The highest BCUT2D eigenvalue weighted by Crippen LogP contribution is 2.31. The van der Waals surface area contributed by atoms with E-state index in [1.54, 1.807) is 0 Å². The SMILES string of the molecule is Cc1ccc(C)c(NC(=O)CC2(O)CCCCC2)c1. The summed E-state index contributed by atoms with van der Waals surface area (Å²) in [5.74, 6) is -0.0851. The second kappa shape index (κ2) is 5.74. The van der Waals surface area contributed by atoms with Gasteiger partial charge in [-0.25, -0.2) is 0 Å². The van der Waals surface area contributed by atoms with E-state index >= 15 is 0 Å². The fraction of sp³-hybridized carbons (Fsp3) is 0.562. The van der Waals surface area contributed by atoms with Gasteiger partial charge in [-0.1, -0.05) is 31.4 Å². The molecular weight excluding hydrogens is 238 g/mol. The Kier molecular flexibility index (Phi) is 4.25. The van der Waals surface area contributed by atoms with E-state index < -0.39 is 5.60 Å². The van der Waals surface area contributed by atoms with Crippen LogP contribution in [0.3, 0.4) is 0 Å². The van der Waals surface area contributed by atoms with Crippen LogP contribution in [-0.2, 0) is 4.79 Å². The number of nitrogens with one attached hydrogen (secondary N) is 1. The van der Waals surface area contributed by atoms with E-state index in [0.29, 0.717) is 0 Å². The topological polar surface area (TPSA) is 49.3 Å². The van der Waals surface area contributed by atoms with Crippen molar-refractivity contribution in [3.8, 4) is 0 Å². The number of anilines is 1. The molecule has 0 bridgehead atoms. The van der Waals surface area contributed by atoms with Crippen LogP contribution < -0.4 is 5.32 Å². The van der Waals surface area contributed by atoms with Gasteiger partial charge in [-0.05, 0) is 43.9 Å². The largest absolute Gasteiger partial charge is 0.389 e. The first-order chi connectivity index (χ1) is 8.98. The van der Waals surface area contributed by atoms with Gasteiger partial charge in [0.1, 0.15) is 0 Å². The Bertz CT molecular complexity index is 462. The maximum atomic E-state index is 12.1. The third-order valence-corrected chi connectivity index (χ3v) is 3.94. The van der Waals surface area contributed by atoms with E-state index in [-0.39, 0.29) is 12.3 Å². The maximum absolute atomic E-state index is 12.1. The first kappa shape index (κ1) is 14.1. The van der Waals surface area contributed by atoms with Crippen LogP contribution in [-0.4, -0.2) is 16.6 Å². The summed E-state index contributed by atoms with van der Waals surface area (Å²) in [4.78, 5) is 12.1. The molecule has 1 saturated carbocycles. The minimum absolute atomic E-state index is 0.0851. The molecule has 3 heteroatoms. The van der Waals surface area contributed by atoms with Crippen molar-refractivity contribution in [2.45, 2.75) is 58.0 Å². The summed E-state index contributed by atoms with van der Waals surface area (Å²) in [5, 5.41) is 13.3. The Balaban J connectivity index is 1.99. The Morgan fingerprint density at radius 2 is 1.95 bits per heavy atom. The monoisotopic (exact) mass is 261 g/mol. The molecule has 0 saturated heterocycles. The molecule has 19 heavy (non-hydrogen) atoms. The van der Waals surface area contributed by atoms with E-state index in [1.807, 2.05) is 32.0 Å². The van der Waals surface area contributed by atoms with Gasteiger partial charge in [0.05, 0.1) is 12.0 Å². The molecule has 1 amide bonds. The van der Waals surface area contributed by atoms with E-state index in [4.69, 9.17) is 0 Å². The Labute approximate surface area is 115 Å². The number of carbonyl (C=O) groups is 1. The van der Waals surface area contributed by atoms with Gasteiger partial charge in [0, 0.05) is 5.69 Å². The zero-order valence-corrected chi connectivity index (χ0v) is 11.8. The number of aliphatic hydroxyl groups is 1. The van der Waals surface area contributed by atoms with Crippen molar-refractivity contribution < 1.29 is 9.90 Å². The van der Waals surface area contributed by atoms with Crippen LogP contribution in [0, 0.1) is 13.8 Å². The van der Waals surface area contributed by atoms with Crippen LogP contribution in [0.15, 0.2) is 18.2 Å². The third-order valence-electron chi connectivity index (χ3n) is 3.94. The van der Waals surface area contributed by atoms with E-state index in [9.17, 15) is 9.90 Å². The van der Waals surface area contributed by atoms with Crippen molar-refractivity contribution in [2.75, 3.05) is 5.32 Å². The van der Waals surface area contributed by atoms with Crippen molar-refractivity contribution in [3.05, 3.63) is 29.3 Å². The zero-order valence-electron chi connectivity index (χ0n) is 11.8. The molecule has 2 rings (SSSR count). The molecule has 1 aliphatic carbocycles. The van der Waals surface area contributed by atoms with Crippen LogP contribution in [0.25, 0.3) is 0 Å². The van der Waals surface area contributed by atoms with Crippen molar-refractivity contribution >= 4 is 11.6 Å². The normalized spacial score (nSPS) is 18.1. The summed E-state index contributed by atoms with van der Waals surface area (Å²) < 4.78 is 0. The smallest absolute Gasteiger partial charge is 0.227 e.